The second-order valence-electron chi connectivity index (χ2n) is 3.58. The van der Waals surface area contributed by atoms with Gasteiger partial charge in [-0.25, -0.2) is 0 Å². The largest absolute Gasteiger partial charge is 0.481 e. The summed E-state index contributed by atoms with van der Waals surface area (Å²) in [6.45, 7) is 0.403. The van der Waals surface area contributed by atoms with Crippen LogP contribution in [0.25, 0.3) is 0 Å². The molecule has 0 bridgehead atoms. The molecule has 1 saturated heterocycles. The van der Waals surface area contributed by atoms with Crippen molar-refractivity contribution in [2.45, 2.75) is 5.92 Å². The first-order valence-corrected chi connectivity index (χ1v) is 4.75. The fourth-order valence-corrected chi connectivity index (χ4v) is 1.92. The number of aliphatic carboxylic acids is 1. The van der Waals surface area contributed by atoms with E-state index in [0.29, 0.717) is 6.54 Å². The monoisotopic (exact) mass is 205 g/mol. The van der Waals surface area contributed by atoms with Gasteiger partial charge in [0, 0.05) is 12.5 Å². The van der Waals surface area contributed by atoms with Crippen molar-refractivity contribution in [1.82, 2.24) is 5.32 Å². The highest BCUT2D eigenvalue weighted by Gasteiger charge is 2.40. The number of hydrogen-bond acceptors (Lipinski definition) is 2. The lowest BCUT2D eigenvalue weighted by Gasteiger charge is -2.12. The summed E-state index contributed by atoms with van der Waals surface area (Å²) < 4.78 is 0. The van der Waals surface area contributed by atoms with Crippen LogP contribution in [0.4, 0.5) is 0 Å². The third-order valence-electron chi connectivity index (χ3n) is 2.67. The average molecular weight is 205 g/mol. The summed E-state index contributed by atoms with van der Waals surface area (Å²) >= 11 is 0. The molecule has 0 unspecified atom stereocenters. The van der Waals surface area contributed by atoms with E-state index < -0.39 is 17.8 Å². The highest BCUT2D eigenvalue weighted by Crippen LogP contribution is 2.28. The van der Waals surface area contributed by atoms with Gasteiger partial charge in [-0.2, -0.15) is 0 Å². The lowest BCUT2D eigenvalue weighted by Crippen LogP contribution is -2.26. The molecule has 0 aromatic heterocycles. The van der Waals surface area contributed by atoms with E-state index in [4.69, 9.17) is 5.11 Å². The van der Waals surface area contributed by atoms with Gasteiger partial charge in [-0.1, -0.05) is 30.3 Å². The minimum Gasteiger partial charge on any atom is -0.481 e. The molecule has 1 fully saturated rings. The van der Waals surface area contributed by atoms with Crippen molar-refractivity contribution in [3.8, 4) is 0 Å². The van der Waals surface area contributed by atoms with Crippen molar-refractivity contribution in [3.05, 3.63) is 35.9 Å². The predicted molar refractivity (Wildman–Crippen MR) is 53.3 cm³/mol. The lowest BCUT2D eigenvalue weighted by atomic mass is 9.89. The van der Waals surface area contributed by atoms with Crippen molar-refractivity contribution < 1.29 is 14.7 Å². The van der Waals surface area contributed by atoms with Gasteiger partial charge in [-0.3, -0.25) is 9.59 Å². The number of rotatable bonds is 2. The van der Waals surface area contributed by atoms with Crippen molar-refractivity contribution >= 4 is 11.9 Å². The van der Waals surface area contributed by atoms with E-state index in [2.05, 4.69) is 5.32 Å². The molecule has 1 aromatic carbocycles. The summed E-state index contributed by atoms with van der Waals surface area (Å²) in [5, 5.41) is 11.5. The van der Waals surface area contributed by atoms with E-state index in [0.717, 1.165) is 5.56 Å². The summed E-state index contributed by atoms with van der Waals surface area (Å²) in [6.07, 6.45) is 0. The maximum atomic E-state index is 11.3. The van der Waals surface area contributed by atoms with Gasteiger partial charge in [0.15, 0.2) is 0 Å². The van der Waals surface area contributed by atoms with Gasteiger partial charge in [-0.15, -0.1) is 0 Å². The lowest BCUT2D eigenvalue weighted by molar-refractivity contribution is -0.145. The molecule has 4 nitrogen and oxygen atoms in total. The Balaban J connectivity index is 2.30. The molecule has 0 aliphatic carbocycles. The van der Waals surface area contributed by atoms with Crippen molar-refractivity contribution in [1.29, 1.82) is 0 Å². The summed E-state index contributed by atoms with van der Waals surface area (Å²) in [6, 6.07) is 9.25. The fourth-order valence-electron chi connectivity index (χ4n) is 1.92. The molecule has 1 aliphatic heterocycles. The number of nitrogens with one attached hydrogen (secondary N) is 1. The number of carboxylic acids is 1. The number of benzene rings is 1. The fraction of sp³-hybridized carbons (Fsp3) is 0.273. The van der Waals surface area contributed by atoms with Crippen LogP contribution >= 0.6 is 0 Å². The van der Waals surface area contributed by atoms with Gasteiger partial charge >= 0.3 is 5.97 Å². The third kappa shape index (κ3) is 1.70. The highest BCUT2D eigenvalue weighted by molar-refractivity contribution is 5.99. The summed E-state index contributed by atoms with van der Waals surface area (Å²) in [5.74, 6) is -2.65. The maximum absolute atomic E-state index is 11.3. The highest BCUT2D eigenvalue weighted by atomic mass is 16.4. The number of amides is 1. The van der Waals surface area contributed by atoms with Crippen LogP contribution in [0.1, 0.15) is 11.5 Å². The van der Waals surface area contributed by atoms with Gasteiger partial charge in [-0.05, 0) is 5.56 Å². The minimum absolute atomic E-state index is 0.254. The molecule has 1 amide bonds. The van der Waals surface area contributed by atoms with Crippen LogP contribution in [0.3, 0.4) is 0 Å². The molecule has 2 rings (SSSR count). The second-order valence-corrected chi connectivity index (χ2v) is 3.58. The molecule has 0 spiro atoms. The Morgan fingerprint density at radius 1 is 1.33 bits per heavy atom. The molecule has 0 saturated carbocycles. The zero-order valence-electron chi connectivity index (χ0n) is 8.01. The normalized spacial score (nSPS) is 24.9. The van der Waals surface area contributed by atoms with E-state index in [-0.39, 0.29) is 5.92 Å². The summed E-state index contributed by atoms with van der Waals surface area (Å²) in [4.78, 5) is 22.2. The quantitative estimate of drug-likeness (QED) is 0.695. The van der Waals surface area contributed by atoms with E-state index in [1.54, 1.807) is 0 Å². The van der Waals surface area contributed by atoms with E-state index in [1.165, 1.54) is 0 Å². The molecular weight excluding hydrogens is 194 g/mol. The molecule has 4 heteroatoms. The Hall–Kier alpha value is -1.84. The van der Waals surface area contributed by atoms with Crippen LogP contribution in [0.2, 0.25) is 0 Å². The number of carboxylic acid groups (broad SMARTS) is 1. The summed E-state index contributed by atoms with van der Waals surface area (Å²) in [7, 11) is 0. The van der Waals surface area contributed by atoms with Crippen LogP contribution in [-0.4, -0.2) is 23.5 Å². The molecule has 15 heavy (non-hydrogen) atoms. The van der Waals surface area contributed by atoms with Gasteiger partial charge in [0.05, 0.1) is 0 Å². The molecule has 2 N–H and O–H groups in total. The number of carbonyl (C=O) groups is 2. The minimum atomic E-state index is -1.06. The standard InChI is InChI=1S/C11H11NO3/c13-10-9(11(14)15)8(6-12-10)7-4-2-1-3-5-7/h1-5,8-9H,6H2,(H,12,13)(H,14,15)/t8-,9-/m1/s1. The molecule has 1 aromatic rings. The van der Waals surface area contributed by atoms with Crippen molar-refractivity contribution in [2.24, 2.45) is 5.92 Å². The zero-order chi connectivity index (χ0) is 10.8. The topological polar surface area (TPSA) is 66.4 Å². The molecule has 2 atom stereocenters. The van der Waals surface area contributed by atoms with E-state index >= 15 is 0 Å². The maximum Gasteiger partial charge on any atom is 0.316 e. The Morgan fingerprint density at radius 3 is 2.60 bits per heavy atom. The van der Waals surface area contributed by atoms with Crippen LogP contribution in [0, 0.1) is 5.92 Å². The first-order chi connectivity index (χ1) is 7.20. The average Bonchev–Trinajstić information content (AvgIpc) is 2.61. The molecule has 78 valence electrons. The van der Waals surface area contributed by atoms with Gasteiger partial charge in [0.2, 0.25) is 5.91 Å². The Bertz CT molecular complexity index is 388. The van der Waals surface area contributed by atoms with Crippen molar-refractivity contribution in [3.63, 3.8) is 0 Å². The first-order valence-electron chi connectivity index (χ1n) is 4.75. The Labute approximate surface area is 86.9 Å². The molecule has 1 aliphatic rings. The Morgan fingerprint density at radius 2 is 2.00 bits per heavy atom. The van der Waals surface area contributed by atoms with Crippen LogP contribution in [0.15, 0.2) is 30.3 Å². The van der Waals surface area contributed by atoms with Gasteiger partial charge in [0.25, 0.3) is 0 Å². The van der Waals surface area contributed by atoms with Gasteiger partial charge in [0.1, 0.15) is 5.92 Å². The smallest absolute Gasteiger partial charge is 0.316 e. The first kappa shape index (κ1) is 9.71. The number of hydrogen-bond donors (Lipinski definition) is 2. The van der Waals surface area contributed by atoms with Crippen LogP contribution in [0.5, 0.6) is 0 Å². The summed E-state index contributed by atoms with van der Waals surface area (Å²) in [5.41, 5.74) is 0.892. The van der Waals surface area contributed by atoms with Crippen molar-refractivity contribution in [2.75, 3.05) is 6.54 Å². The van der Waals surface area contributed by atoms with Crippen LogP contribution in [-0.2, 0) is 9.59 Å². The molecular formula is C11H11NO3. The molecule has 0 radical (unpaired) electrons. The van der Waals surface area contributed by atoms with E-state index in [1.807, 2.05) is 30.3 Å². The van der Waals surface area contributed by atoms with Crippen LogP contribution < -0.4 is 5.32 Å². The Kier molecular flexibility index (Phi) is 2.41. The second kappa shape index (κ2) is 3.73. The van der Waals surface area contributed by atoms with E-state index in [9.17, 15) is 9.59 Å². The molecule has 1 heterocycles. The van der Waals surface area contributed by atoms with Gasteiger partial charge < -0.3 is 10.4 Å². The zero-order valence-corrected chi connectivity index (χ0v) is 8.01. The number of carbonyl (C=O) groups excluding carboxylic acids is 1. The third-order valence-corrected chi connectivity index (χ3v) is 2.67. The SMILES string of the molecule is O=C(O)[C@H]1C(=O)NC[C@@H]1c1ccccc1. The predicted octanol–water partition coefficient (Wildman–Crippen LogP) is 0.601.